The first-order valence-corrected chi connectivity index (χ1v) is 27.9. The molecule has 0 fully saturated rings. The molecule has 0 aromatic rings. The maximum Gasteiger partial charge on any atom is 0.268 e. The van der Waals surface area contributed by atoms with E-state index in [9.17, 15) is 19.4 Å². The average Bonchev–Trinajstić information content (AvgIpc) is 3.24. The van der Waals surface area contributed by atoms with Crippen molar-refractivity contribution in [3.8, 4) is 0 Å². The first-order valence-electron chi connectivity index (χ1n) is 26.5. The predicted octanol–water partition coefficient (Wildman–Crippen LogP) is 15.0. The van der Waals surface area contributed by atoms with E-state index in [4.69, 9.17) is 9.05 Å². The summed E-state index contributed by atoms with van der Waals surface area (Å²) in [7, 11) is 1.31. The van der Waals surface area contributed by atoms with Crippen LogP contribution in [0.3, 0.4) is 0 Å². The molecule has 63 heavy (non-hydrogen) atoms. The molecule has 0 spiro atoms. The number of unbranched alkanes of at least 4 members (excludes halogenated alkanes) is 27. The Kier molecular flexibility index (Phi) is 44.5. The Morgan fingerprint density at radius 1 is 0.571 bits per heavy atom. The quantitative estimate of drug-likeness (QED) is 0.0272. The number of likely N-dealkylation sites (N-methyl/N-ethyl adjacent to an activating group) is 1. The van der Waals surface area contributed by atoms with Gasteiger partial charge >= 0.3 is 0 Å². The van der Waals surface area contributed by atoms with Gasteiger partial charge in [-0.1, -0.05) is 229 Å². The minimum absolute atomic E-state index is 0.0125. The van der Waals surface area contributed by atoms with E-state index in [1.807, 2.05) is 21.1 Å². The first kappa shape index (κ1) is 61.5. The number of nitrogens with zero attached hydrogens (tertiary/aromatic N) is 1. The van der Waals surface area contributed by atoms with Gasteiger partial charge in [-0.3, -0.25) is 9.36 Å². The van der Waals surface area contributed by atoms with E-state index in [1.54, 1.807) is 0 Å². The van der Waals surface area contributed by atoms with Crippen molar-refractivity contribution in [2.45, 2.75) is 251 Å². The number of allylic oxidation sites excluding steroid dienone is 8. The van der Waals surface area contributed by atoms with Crippen molar-refractivity contribution in [3.63, 3.8) is 0 Å². The van der Waals surface area contributed by atoms with Crippen molar-refractivity contribution >= 4 is 13.7 Å². The number of phosphoric ester groups is 1. The van der Waals surface area contributed by atoms with Gasteiger partial charge in [0.1, 0.15) is 13.2 Å². The normalized spacial score (nSPS) is 14.5. The van der Waals surface area contributed by atoms with E-state index in [-0.39, 0.29) is 19.1 Å². The van der Waals surface area contributed by atoms with Crippen LogP contribution in [-0.2, 0) is 18.4 Å². The number of carbonyl (C=O) groups excluding carboxylic acids is 1. The van der Waals surface area contributed by atoms with Gasteiger partial charge in [-0.15, -0.1) is 0 Å². The molecule has 0 aliphatic carbocycles. The molecule has 2 N–H and O–H groups in total. The number of nitrogens with one attached hydrogen (secondary N) is 1. The molecule has 0 aliphatic rings. The molecule has 0 saturated heterocycles. The first-order chi connectivity index (χ1) is 30.5. The highest BCUT2D eigenvalue weighted by Gasteiger charge is 2.24. The predicted molar refractivity (Wildman–Crippen MR) is 270 cm³/mol. The van der Waals surface area contributed by atoms with Gasteiger partial charge in [0.15, 0.2) is 0 Å². The second-order valence-corrected chi connectivity index (χ2v) is 20.6. The highest BCUT2D eigenvalue weighted by atomic mass is 31.2. The van der Waals surface area contributed by atoms with E-state index in [2.05, 4.69) is 67.8 Å². The Morgan fingerprint density at radius 2 is 0.968 bits per heavy atom. The molecule has 9 heteroatoms. The van der Waals surface area contributed by atoms with Crippen LogP contribution >= 0.6 is 7.82 Å². The SMILES string of the molecule is CC/C=C\C/C=C\C/C=C\C/C=C\CCCCCCCCCCCCCCCCCCCCCCC(=O)NC(COP(=O)([O-])OCC[N+](C)(C)C)C(O)CCCCCCCCCC. The fraction of sp³-hybridized carbons (Fsp3) is 0.833. The van der Waals surface area contributed by atoms with Crippen LogP contribution in [0.5, 0.6) is 0 Å². The van der Waals surface area contributed by atoms with Crippen LogP contribution in [0.2, 0.25) is 0 Å². The van der Waals surface area contributed by atoms with E-state index in [1.165, 1.54) is 148 Å². The molecule has 3 unspecified atom stereocenters. The molecule has 0 aliphatic heterocycles. The third-order valence-electron chi connectivity index (χ3n) is 11.8. The van der Waals surface area contributed by atoms with Crippen LogP contribution in [0, 0.1) is 0 Å². The lowest BCUT2D eigenvalue weighted by atomic mass is 10.0. The minimum atomic E-state index is -4.56. The van der Waals surface area contributed by atoms with Gasteiger partial charge in [-0.2, -0.15) is 0 Å². The maximum absolute atomic E-state index is 12.9. The second-order valence-electron chi connectivity index (χ2n) is 19.2. The van der Waals surface area contributed by atoms with Crippen molar-refractivity contribution in [1.82, 2.24) is 5.32 Å². The van der Waals surface area contributed by atoms with Gasteiger partial charge in [0.25, 0.3) is 7.82 Å². The van der Waals surface area contributed by atoms with Crippen molar-refractivity contribution in [1.29, 1.82) is 0 Å². The second kappa shape index (κ2) is 45.6. The Bertz CT molecular complexity index is 1170. The summed E-state index contributed by atoms with van der Waals surface area (Å²) in [5.74, 6) is -0.166. The van der Waals surface area contributed by atoms with E-state index >= 15 is 0 Å². The number of amides is 1. The van der Waals surface area contributed by atoms with Crippen molar-refractivity contribution in [3.05, 3.63) is 48.6 Å². The molecule has 0 heterocycles. The van der Waals surface area contributed by atoms with Crippen LogP contribution in [0.4, 0.5) is 0 Å². The molecular weight excluding hydrogens is 804 g/mol. The molecule has 0 rings (SSSR count). The van der Waals surface area contributed by atoms with Crippen molar-refractivity contribution < 1.29 is 32.9 Å². The van der Waals surface area contributed by atoms with Crippen molar-refractivity contribution in [2.24, 2.45) is 0 Å². The average molecular weight is 907 g/mol. The van der Waals surface area contributed by atoms with Crippen molar-refractivity contribution in [2.75, 3.05) is 40.9 Å². The highest BCUT2D eigenvalue weighted by Crippen LogP contribution is 2.38. The van der Waals surface area contributed by atoms with Crippen LogP contribution < -0.4 is 10.2 Å². The minimum Gasteiger partial charge on any atom is -0.756 e. The van der Waals surface area contributed by atoms with E-state index in [0.717, 1.165) is 64.2 Å². The molecule has 370 valence electrons. The number of hydrogen-bond donors (Lipinski definition) is 2. The molecule has 0 bridgehead atoms. The monoisotopic (exact) mass is 907 g/mol. The zero-order valence-corrected chi connectivity index (χ0v) is 42.9. The lowest BCUT2D eigenvalue weighted by molar-refractivity contribution is -0.870. The molecule has 3 atom stereocenters. The van der Waals surface area contributed by atoms with E-state index in [0.29, 0.717) is 23.9 Å². The van der Waals surface area contributed by atoms with Crippen LogP contribution in [0.25, 0.3) is 0 Å². The molecular formula is C54H103N2O6P. The Balaban J connectivity index is 3.88. The summed E-state index contributed by atoms with van der Waals surface area (Å²) in [4.78, 5) is 25.3. The smallest absolute Gasteiger partial charge is 0.268 e. The number of phosphoric acid groups is 1. The highest BCUT2D eigenvalue weighted by molar-refractivity contribution is 7.45. The fourth-order valence-corrected chi connectivity index (χ4v) is 8.40. The zero-order chi connectivity index (χ0) is 46.4. The van der Waals surface area contributed by atoms with Crippen LogP contribution in [0.1, 0.15) is 239 Å². The van der Waals surface area contributed by atoms with Gasteiger partial charge in [-0.25, -0.2) is 0 Å². The summed E-state index contributed by atoms with van der Waals surface area (Å²) in [6.45, 7) is 4.58. The summed E-state index contributed by atoms with van der Waals surface area (Å²) in [5.41, 5.74) is 0. The molecule has 0 aromatic heterocycles. The third kappa shape index (κ3) is 48.2. The molecule has 0 aromatic carbocycles. The zero-order valence-electron chi connectivity index (χ0n) is 42.0. The number of rotatable bonds is 48. The summed E-state index contributed by atoms with van der Waals surface area (Å²) in [5, 5.41) is 13.9. The topological polar surface area (TPSA) is 108 Å². The number of aliphatic hydroxyl groups is 1. The number of carbonyl (C=O) groups is 1. The molecule has 0 radical (unpaired) electrons. The summed E-state index contributed by atoms with van der Waals surface area (Å²) < 4.78 is 23.2. The lowest BCUT2D eigenvalue weighted by Crippen LogP contribution is -2.46. The Labute approximate surface area is 390 Å². The fourth-order valence-electron chi connectivity index (χ4n) is 7.68. The number of hydrogen-bond acceptors (Lipinski definition) is 6. The number of aliphatic hydroxyl groups excluding tert-OH is 1. The molecule has 0 saturated carbocycles. The lowest BCUT2D eigenvalue weighted by Gasteiger charge is -2.30. The van der Waals surface area contributed by atoms with E-state index < -0.39 is 20.0 Å². The van der Waals surface area contributed by atoms with Gasteiger partial charge in [0.05, 0.1) is 39.9 Å². The third-order valence-corrected chi connectivity index (χ3v) is 12.8. The maximum atomic E-state index is 12.9. The largest absolute Gasteiger partial charge is 0.756 e. The van der Waals surface area contributed by atoms with Gasteiger partial charge in [0, 0.05) is 6.42 Å². The summed E-state index contributed by atoms with van der Waals surface area (Å²) in [6.07, 6.45) is 58.8. The van der Waals surface area contributed by atoms with Gasteiger partial charge in [0.2, 0.25) is 5.91 Å². The Hall–Kier alpha value is -1.54. The molecule has 8 nitrogen and oxygen atoms in total. The van der Waals surface area contributed by atoms with Gasteiger partial charge in [-0.05, 0) is 51.4 Å². The van der Waals surface area contributed by atoms with Gasteiger partial charge < -0.3 is 28.8 Å². The number of quaternary nitrogens is 1. The Morgan fingerprint density at radius 3 is 1.41 bits per heavy atom. The standard InChI is InChI=1S/C54H103N2O6P/c1-6-8-10-12-14-16-17-18-19-20-21-22-23-24-25-26-27-28-29-30-31-32-33-34-35-36-37-38-39-40-42-44-46-48-54(58)55-52(51-62-63(59,60)61-50-49-56(3,4)5)53(57)47-45-43-41-15-13-11-9-7-2/h8,10,14,16,18-19,21-22,52-53,57H,6-7,9,11-13,15,17,20,23-51H2,1-5H3,(H-,55,58,59,60)/b10-8-,16-14-,19-18-,22-21-. The summed E-state index contributed by atoms with van der Waals surface area (Å²) >= 11 is 0. The molecule has 1 amide bonds. The van der Waals surface area contributed by atoms with Crippen LogP contribution in [0.15, 0.2) is 48.6 Å². The summed E-state index contributed by atoms with van der Waals surface area (Å²) in [6, 6.07) is -0.796. The van der Waals surface area contributed by atoms with Crippen LogP contribution in [-0.4, -0.2) is 68.5 Å².